The van der Waals surface area contributed by atoms with E-state index in [1.165, 1.54) is 5.56 Å². The van der Waals surface area contributed by atoms with Gasteiger partial charge < -0.3 is 14.2 Å². The third-order valence-electron chi connectivity index (χ3n) is 10.3. The highest BCUT2D eigenvalue weighted by atomic mass is 16.3. The van der Waals surface area contributed by atoms with Crippen molar-refractivity contribution in [3.63, 3.8) is 0 Å². The molecule has 8 aromatic carbocycles. The summed E-state index contributed by atoms with van der Waals surface area (Å²) in [6.45, 7) is 0. The van der Waals surface area contributed by atoms with Crippen LogP contribution in [0.15, 0.2) is 217 Å². The van der Waals surface area contributed by atoms with Crippen LogP contribution in [-0.2, 0) is 0 Å². The molecule has 2 heterocycles. The minimum absolute atomic E-state index is 0.802. The molecular weight excluding hydrogens is 671 g/mol. The zero-order valence-electron chi connectivity index (χ0n) is 30.0. The van der Waals surface area contributed by atoms with E-state index in [-0.39, 0.29) is 0 Å². The molecule has 0 N–H and O–H groups in total. The lowest BCUT2D eigenvalue weighted by molar-refractivity contribution is 0.672. The molecule has 0 atom stereocenters. The van der Waals surface area contributed by atoms with Gasteiger partial charge in [0, 0.05) is 57.2 Å². The molecule has 0 bridgehead atoms. The second kappa shape index (κ2) is 13.8. The second-order valence-electron chi connectivity index (χ2n) is 13.6. The zero-order valence-corrected chi connectivity index (χ0v) is 30.0. The normalized spacial score (nSPS) is 11.3. The van der Waals surface area contributed by atoms with Crippen molar-refractivity contribution in [1.82, 2.24) is 4.98 Å². The molecular formula is C51H35N3O. The van der Waals surface area contributed by atoms with Crippen LogP contribution < -0.4 is 9.80 Å². The molecule has 0 unspecified atom stereocenters. The molecule has 0 radical (unpaired) electrons. The third-order valence-corrected chi connectivity index (χ3v) is 10.3. The van der Waals surface area contributed by atoms with E-state index in [9.17, 15) is 0 Å². The van der Waals surface area contributed by atoms with E-state index >= 15 is 0 Å². The summed E-state index contributed by atoms with van der Waals surface area (Å²) in [5.41, 5.74) is 12.4. The van der Waals surface area contributed by atoms with Crippen LogP contribution in [0.5, 0.6) is 0 Å². The van der Waals surface area contributed by atoms with Crippen molar-refractivity contribution in [1.29, 1.82) is 0 Å². The van der Waals surface area contributed by atoms with Crippen LogP contribution in [-0.4, -0.2) is 4.98 Å². The molecule has 0 saturated heterocycles. The van der Waals surface area contributed by atoms with Gasteiger partial charge in [-0.1, -0.05) is 133 Å². The Balaban J connectivity index is 1.29. The van der Waals surface area contributed by atoms with Crippen LogP contribution in [0.2, 0.25) is 0 Å². The molecule has 55 heavy (non-hydrogen) atoms. The zero-order chi connectivity index (χ0) is 36.6. The Hall–Kier alpha value is -7.43. The van der Waals surface area contributed by atoms with Crippen LogP contribution in [0, 0.1) is 0 Å². The van der Waals surface area contributed by atoms with E-state index in [4.69, 9.17) is 4.42 Å². The van der Waals surface area contributed by atoms with Gasteiger partial charge >= 0.3 is 0 Å². The predicted molar refractivity (Wildman–Crippen MR) is 229 cm³/mol. The second-order valence-corrected chi connectivity index (χ2v) is 13.6. The lowest BCUT2D eigenvalue weighted by Gasteiger charge is -2.34. The van der Waals surface area contributed by atoms with E-state index < -0.39 is 0 Å². The number of hydrogen-bond acceptors (Lipinski definition) is 4. The van der Waals surface area contributed by atoms with E-state index in [1.807, 2.05) is 18.5 Å². The average Bonchev–Trinajstić information content (AvgIpc) is 3.64. The summed E-state index contributed by atoms with van der Waals surface area (Å²) in [5.74, 6) is 0. The smallest absolute Gasteiger partial charge is 0.144 e. The number of benzene rings is 8. The molecule has 0 fully saturated rings. The highest BCUT2D eigenvalue weighted by Crippen LogP contribution is 2.50. The summed E-state index contributed by atoms with van der Waals surface area (Å²) >= 11 is 0. The number of fused-ring (bicyclic) bond motifs is 5. The Kier molecular flexibility index (Phi) is 8.12. The van der Waals surface area contributed by atoms with Crippen molar-refractivity contribution in [2.75, 3.05) is 9.80 Å². The molecule has 4 nitrogen and oxygen atoms in total. The number of hydrogen-bond donors (Lipinski definition) is 0. The van der Waals surface area contributed by atoms with E-state index in [1.54, 1.807) is 0 Å². The highest BCUT2D eigenvalue weighted by molar-refractivity contribution is 6.17. The lowest BCUT2D eigenvalue weighted by Crippen LogP contribution is -2.17. The minimum Gasteiger partial charge on any atom is -0.455 e. The Morgan fingerprint density at radius 2 is 0.945 bits per heavy atom. The van der Waals surface area contributed by atoms with Crippen molar-refractivity contribution < 1.29 is 4.42 Å². The van der Waals surface area contributed by atoms with Gasteiger partial charge in [0.25, 0.3) is 0 Å². The van der Waals surface area contributed by atoms with Gasteiger partial charge in [-0.15, -0.1) is 0 Å². The molecule has 0 saturated carbocycles. The van der Waals surface area contributed by atoms with E-state index in [2.05, 4.69) is 209 Å². The number of para-hydroxylation sites is 3. The largest absolute Gasteiger partial charge is 0.455 e. The molecule has 0 aliphatic rings. The first-order chi connectivity index (χ1) is 27.3. The Morgan fingerprint density at radius 3 is 1.65 bits per heavy atom. The quantitative estimate of drug-likeness (QED) is 0.158. The molecule has 260 valence electrons. The average molecular weight is 706 g/mol. The van der Waals surface area contributed by atoms with Crippen molar-refractivity contribution in [3.8, 4) is 22.3 Å². The summed E-state index contributed by atoms with van der Waals surface area (Å²) < 4.78 is 6.86. The molecule has 0 aliphatic carbocycles. The highest BCUT2D eigenvalue weighted by Gasteiger charge is 2.26. The molecule has 0 amide bonds. The standard InChI is InChI=1S/C51H35N3O/c1-5-15-36(16-6-1)37-25-28-42(29-26-37)53(40-19-9-3-10-20-40)49-34-50-45(44-30-27-39-31-32-52-35-46(39)51(44)55-50)33-48(49)54(41-21-11-4-12-22-41)47-24-14-13-23-43(47)38-17-7-2-8-18-38/h1-35H. The molecule has 2 aromatic heterocycles. The summed E-state index contributed by atoms with van der Waals surface area (Å²) in [6.07, 6.45) is 3.73. The van der Waals surface area contributed by atoms with Gasteiger partial charge in [0.2, 0.25) is 0 Å². The van der Waals surface area contributed by atoms with Crippen LogP contribution in [0.4, 0.5) is 34.1 Å². The van der Waals surface area contributed by atoms with Crippen LogP contribution in [0.1, 0.15) is 0 Å². The van der Waals surface area contributed by atoms with Gasteiger partial charge in [-0.3, -0.25) is 4.98 Å². The van der Waals surface area contributed by atoms with Gasteiger partial charge in [-0.25, -0.2) is 0 Å². The van der Waals surface area contributed by atoms with Crippen LogP contribution >= 0.6 is 0 Å². The number of rotatable bonds is 8. The SMILES string of the molecule is c1ccc(-c2ccc(N(c3ccccc3)c3cc4oc5c6cnccc6ccc5c4cc3N(c3ccccc3)c3ccccc3-c3ccccc3)cc2)cc1. The van der Waals surface area contributed by atoms with Crippen molar-refractivity contribution in [3.05, 3.63) is 213 Å². The fourth-order valence-electron chi connectivity index (χ4n) is 7.73. The Labute approximate surface area is 319 Å². The molecule has 10 aromatic rings. The molecule has 10 rings (SSSR count). The number of anilines is 6. The van der Waals surface area contributed by atoms with Gasteiger partial charge in [0.15, 0.2) is 0 Å². The third kappa shape index (κ3) is 5.87. The first kappa shape index (κ1) is 32.2. The van der Waals surface area contributed by atoms with Gasteiger partial charge in [-0.05, 0) is 82.7 Å². The number of aromatic nitrogens is 1. The summed E-state index contributed by atoms with van der Waals surface area (Å²) in [4.78, 5) is 9.21. The molecule has 0 spiro atoms. The monoisotopic (exact) mass is 705 g/mol. The number of pyridine rings is 1. The predicted octanol–water partition coefficient (Wildman–Crippen LogP) is 14.4. The van der Waals surface area contributed by atoms with Gasteiger partial charge in [0.05, 0.1) is 17.1 Å². The first-order valence-electron chi connectivity index (χ1n) is 18.5. The molecule has 0 aliphatic heterocycles. The van der Waals surface area contributed by atoms with Gasteiger partial charge in [0.1, 0.15) is 11.2 Å². The minimum atomic E-state index is 0.802. The van der Waals surface area contributed by atoms with Crippen LogP contribution in [0.25, 0.3) is 55.0 Å². The van der Waals surface area contributed by atoms with Crippen molar-refractivity contribution in [2.45, 2.75) is 0 Å². The van der Waals surface area contributed by atoms with E-state index in [0.29, 0.717) is 0 Å². The maximum absolute atomic E-state index is 6.86. The Morgan fingerprint density at radius 1 is 0.382 bits per heavy atom. The summed E-state index contributed by atoms with van der Waals surface area (Å²) in [6, 6.07) is 70.8. The fraction of sp³-hybridized carbons (Fsp3) is 0. The number of nitrogens with zero attached hydrogens (tertiary/aromatic N) is 3. The molecule has 4 heteroatoms. The first-order valence-corrected chi connectivity index (χ1v) is 18.5. The fourth-order valence-corrected chi connectivity index (χ4v) is 7.73. The maximum atomic E-state index is 6.86. The van der Waals surface area contributed by atoms with E-state index in [0.717, 1.165) is 83.5 Å². The maximum Gasteiger partial charge on any atom is 0.144 e. The van der Waals surface area contributed by atoms with Crippen LogP contribution in [0.3, 0.4) is 0 Å². The lowest BCUT2D eigenvalue weighted by atomic mass is 10.0. The Bertz CT molecular complexity index is 2910. The summed E-state index contributed by atoms with van der Waals surface area (Å²) in [7, 11) is 0. The van der Waals surface area contributed by atoms with Crippen molar-refractivity contribution in [2.24, 2.45) is 0 Å². The topological polar surface area (TPSA) is 32.5 Å². The number of furan rings is 1. The summed E-state index contributed by atoms with van der Waals surface area (Å²) in [5, 5.41) is 4.16. The van der Waals surface area contributed by atoms with Crippen molar-refractivity contribution >= 4 is 66.8 Å². The van der Waals surface area contributed by atoms with Gasteiger partial charge in [-0.2, -0.15) is 0 Å².